The Morgan fingerprint density at radius 1 is 1.40 bits per heavy atom. The predicted octanol–water partition coefficient (Wildman–Crippen LogP) is 1.47. The number of carbonyl (C=O) groups excluding carboxylic acids is 1. The van der Waals surface area contributed by atoms with Gasteiger partial charge in [0.1, 0.15) is 0 Å². The second kappa shape index (κ2) is 5.53. The van der Waals surface area contributed by atoms with Gasteiger partial charge in [-0.25, -0.2) is 4.79 Å². The molecule has 5 heteroatoms. The molecule has 2 saturated carbocycles. The molecule has 20 heavy (non-hydrogen) atoms. The zero-order valence-corrected chi connectivity index (χ0v) is 12.4. The van der Waals surface area contributed by atoms with Gasteiger partial charge in [0.05, 0.1) is 6.10 Å². The number of ether oxygens (including phenoxy) is 1. The molecule has 3 N–H and O–H groups in total. The summed E-state index contributed by atoms with van der Waals surface area (Å²) in [5, 5.41) is 3.84. The van der Waals surface area contributed by atoms with Crippen molar-refractivity contribution in [1.29, 1.82) is 0 Å². The molecule has 3 aliphatic rings. The number of carbonyl (C=O) groups is 1. The Labute approximate surface area is 121 Å². The van der Waals surface area contributed by atoms with Crippen LogP contribution in [0.5, 0.6) is 0 Å². The first kappa shape index (κ1) is 14.1. The van der Waals surface area contributed by atoms with Crippen LogP contribution < -0.4 is 11.1 Å². The van der Waals surface area contributed by atoms with Gasteiger partial charge in [0.2, 0.25) is 0 Å². The Balaban J connectivity index is 1.49. The van der Waals surface area contributed by atoms with Crippen LogP contribution in [-0.4, -0.2) is 48.8 Å². The number of nitrogens with zero attached hydrogens (tertiary/aromatic N) is 1. The van der Waals surface area contributed by atoms with Gasteiger partial charge in [-0.15, -0.1) is 0 Å². The summed E-state index contributed by atoms with van der Waals surface area (Å²) in [4.78, 5) is 12.9. The van der Waals surface area contributed by atoms with E-state index in [0.717, 1.165) is 39.0 Å². The second-order valence-electron chi connectivity index (χ2n) is 6.59. The summed E-state index contributed by atoms with van der Waals surface area (Å²) in [6.07, 6.45) is 7.66. The SMILES string of the molecule is CCO[C@H]1C[C@@H](NC2CCN(C(N)=O)CC2)C12CCC2. The summed E-state index contributed by atoms with van der Waals surface area (Å²) in [6.45, 7) is 4.51. The lowest BCUT2D eigenvalue weighted by Gasteiger charge is -2.62. The lowest BCUT2D eigenvalue weighted by atomic mass is 9.51. The van der Waals surface area contributed by atoms with Crippen LogP contribution in [0.1, 0.15) is 45.4 Å². The second-order valence-corrected chi connectivity index (χ2v) is 6.59. The summed E-state index contributed by atoms with van der Waals surface area (Å²) in [7, 11) is 0. The Hall–Kier alpha value is -0.810. The average Bonchev–Trinajstić information content (AvgIpc) is 2.36. The molecule has 3 rings (SSSR count). The van der Waals surface area contributed by atoms with Gasteiger partial charge in [-0.2, -0.15) is 0 Å². The fraction of sp³-hybridized carbons (Fsp3) is 0.933. The molecule has 0 radical (unpaired) electrons. The van der Waals surface area contributed by atoms with Crippen molar-refractivity contribution in [3.05, 3.63) is 0 Å². The van der Waals surface area contributed by atoms with E-state index in [-0.39, 0.29) is 6.03 Å². The van der Waals surface area contributed by atoms with E-state index in [1.165, 1.54) is 19.3 Å². The minimum atomic E-state index is -0.279. The fourth-order valence-electron chi connectivity index (χ4n) is 4.22. The maximum atomic E-state index is 11.1. The molecule has 0 bridgehead atoms. The number of nitrogens with two attached hydrogens (primary N) is 1. The maximum absolute atomic E-state index is 11.1. The highest BCUT2D eigenvalue weighted by Crippen LogP contribution is 2.57. The molecule has 2 atom stereocenters. The molecule has 0 aromatic heterocycles. The van der Waals surface area contributed by atoms with Crippen LogP contribution in [0.4, 0.5) is 4.79 Å². The van der Waals surface area contributed by atoms with E-state index in [1.54, 1.807) is 4.90 Å². The van der Waals surface area contributed by atoms with Crippen LogP contribution in [0.2, 0.25) is 0 Å². The van der Waals surface area contributed by atoms with E-state index in [1.807, 2.05) is 0 Å². The number of hydrogen-bond acceptors (Lipinski definition) is 3. The number of nitrogens with one attached hydrogen (secondary N) is 1. The summed E-state index contributed by atoms with van der Waals surface area (Å²) < 4.78 is 5.89. The Bertz CT molecular complexity index is 362. The smallest absolute Gasteiger partial charge is 0.314 e. The predicted molar refractivity (Wildman–Crippen MR) is 77.4 cm³/mol. The summed E-state index contributed by atoms with van der Waals surface area (Å²) >= 11 is 0. The largest absolute Gasteiger partial charge is 0.378 e. The number of amides is 2. The van der Waals surface area contributed by atoms with Crippen LogP contribution in [0.25, 0.3) is 0 Å². The first-order valence-corrected chi connectivity index (χ1v) is 8.08. The standard InChI is InChI=1S/C15H27N3O2/c1-2-20-13-10-12(15(13)6-3-7-15)17-11-4-8-18(9-5-11)14(16)19/h11-13,17H,2-10H2,1H3,(H2,16,19)/t12-,13+/m1/s1. The minimum absolute atomic E-state index is 0.279. The van der Waals surface area contributed by atoms with Crippen molar-refractivity contribution in [3.8, 4) is 0 Å². The van der Waals surface area contributed by atoms with Crippen LogP contribution in [0.3, 0.4) is 0 Å². The van der Waals surface area contributed by atoms with Gasteiger partial charge in [0, 0.05) is 37.2 Å². The highest BCUT2D eigenvalue weighted by Gasteiger charge is 2.59. The van der Waals surface area contributed by atoms with Crippen molar-refractivity contribution < 1.29 is 9.53 Å². The molecule has 0 unspecified atom stereocenters. The molecule has 0 aromatic carbocycles. The number of primary amides is 1. The van der Waals surface area contributed by atoms with E-state index in [2.05, 4.69) is 12.2 Å². The normalized spacial score (nSPS) is 32.8. The molecular formula is C15H27N3O2. The third kappa shape index (κ3) is 2.31. The van der Waals surface area contributed by atoms with Crippen molar-refractivity contribution in [3.63, 3.8) is 0 Å². The Morgan fingerprint density at radius 3 is 2.60 bits per heavy atom. The molecule has 1 spiro atoms. The van der Waals surface area contributed by atoms with Gasteiger partial charge in [-0.05, 0) is 39.0 Å². The quantitative estimate of drug-likeness (QED) is 0.820. The molecule has 114 valence electrons. The molecule has 1 aliphatic heterocycles. The van der Waals surface area contributed by atoms with Crippen molar-refractivity contribution in [2.24, 2.45) is 11.1 Å². The van der Waals surface area contributed by atoms with Crippen molar-refractivity contribution in [2.75, 3.05) is 19.7 Å². The van der Waals surface area contributed by atoms with E-state index < -0.39 is 0 Å². The van der Waals surface area contributed by atoms with Crippen LogP contribution in [-0.2, 0) is 4.74 Å². The van der Waals surface area contributed by atoms with Crippen molar-refractivity contribution >= 4 is 6.03 Å². The fourth-order valence-corrected chi connectivity index (χ4v) is 4.22. The number of hydrogen-bond donors (Lipinski definition) is 2. The van der Waals surface area contributed by atoms with Crippen molar-refractivity contribution in [1.82, 2.24) is 10.2 Å². The number of urea groups is 1. The zero-order chi connectivity index (χ0) is 14.2. The maximum Gasteiger partial charge on any atom is 0.314 e. The number of rotatable bonds is 4. The molecule has 2 amide bonds. The highest BCUT2D eigenvalue weighted by atomic mass is 16.5. The van der Waals surface area contributed by atoms with Gasteiger partial charge in [-0.3, -0.25) is 0 Å². The summed E-state index contributed by atoms with van der Waals surface area (Å²) in [5.74, 6) is 0. The third-order valence-corrected chi connectivity index (χ3v) is 5.68. The first-order valence-electron chi connectivity index (χ1n) is 8.08. The van der Waals surface area contributed by atoms with Crippen LogP contribution >= 0.6 is 0 Å². The lowest BCUT2D eigenvalue weighted by molar-refractivity contribution is -0.175. The summed E-state index contributed by atoms with van der Waals surface area (Å²) in [6, 6.07) is 0.882. The van der Waals surface area contributed by atoms with Gasteiger partial charge in [0.25, 0.3) is 0 Å². The molecule has 2 aliphatic carbocycles. The molecule has 1 saturated heterocycles. The van der Waals surface area contributed by atoms with E-state index in [9.17, 15) is 4.79 Å². The molecular weight excluding hydrogens is 254 g/mol. The molecule has 1 heterocycles. The number of likely N-dealkylation sites (tertiary alicyclic amines) is 1. The third-order valence-electron chi connectivity index (χ3n) is 5.68. The topological polar surface area (TPSA) is 67.6 Å². The molecule has 0 aromatic rings. The molecule has 3 fully saturated rings. The molecule has 5 nitrogen and oxygen atoms in total. The van der Waals surface area contributed by atoms with Crippen LogP contribution in [0.15, 0.2) is 0 Å². The van der Waals surface area contributed by atoms with Crippen LogP contribution in [0, 0.1) is 5.41 Å². The van der Waals surface area contributed by atoms with Crippen molar-refractivity contribution in [2.45, 2.75) is 63.6 Å². The highest BCUT2D eigenvalue weighted by molar-refractivity contribution is 5.72. The first-order chi connectivity index (χ1) is 9.65. The van der Waals surface area contributed by atoms with E-state index in [4.69, 9.17) is 10.5 Å². The van der Waals surface area contributed by atoms with E-state index >= 15 is 0 Å². The average molecular weight is 281 g/mol. The summed E-state index contributed by atoms with van der Waals surface area (Å²) in [5.41, 5.74) is 5.75. The Morgan fingerprint density at radius 2 is 2.10 bits per heavy atom. The van der Waals surface area contributed by atoms with Gasteiger partial charge in [-0.1, -0.05) is 6.42 Å². The zero-order valence-electron chi connectivity index (χ0n) is 12.4. The Kier molecular flexibility index (Phi) is 3.91. The van der Waals surface area contributed by atoms with Gasteiger partial charge >= 0.3 is 6.03 Å². The van der Waals surface area contributed by atoms with Gasteiger partial charge in [0.15, 0.2) is 0 Å². The minimum Gasteiger partial charge on any atom is -0.378 e. The lowest BCUT2D eigenvalue weighted by Crippen LogP contribution is -2.68. The monoisotopic (exact) mass is 281 g/mol. The van der Waals surface area contributed by atoms with Gasteiger partial charge < -0.3 is 20.7 Å². The number of piperidine rings is 1. The van der Waals surface area contributed by atoms with E-state index in [0.29, 0.717) is 23.6 Å².